The van der Waals surface area contributed by atoms with Crippen molar-refractivity contribution in [3.63, 3.8) is 0 Å². The van der Waals surface area contributed by atoms with Gasteiger partial charge in [0.15, 0.2) is 11.5 Å². The van der Waals surface area contributed by atoms with Crippen molar-refractivity contribution in [2.45, 2.75) is 25.5 Å². The van der Waals surface area contributed by atoms with Crippen molar-refractivity contribution in [2.75, 3.05) is 26.9 Å². The Morgan fingerprint density at radius 3 is 3.05 bits per heavy atom. The van der Waals surface area contributed by atoms with E-state index < -0.39 is 0 Å². The van der Waals surface area contributed by atoms with E-state index in [1.165, 1.54) is 12.0 Å². The second-order valence-corrected chi connectivity index (χ2v) is 4.85. The van der Waals surface area contributed by atoms with E-state index in [2.05, 4.69) is 11.9 Å². The van der Waals surface area contributed by atoms with Crippen LogP contribution in [-0.4, -0.2) is 33.0 Å². The van der Waals surface area contributed by atoms with E-state index in [0.29, 0.717) is 12.7 Å². The van der Waals surface area contributed by atoms with Crippen LogP contribution < -0.4 is 14.8 Å². The lowest BCUT2D eigenvalue weighted by molar-refractivity contribution is 0.110. The Balaban J connectivity index is 1.86. The lowest BCUT2D eigenvalue weighted by Crippen LogP contribution is -2.25. The maximum atomic E-state index is 5.58. The van der Waals surface area contributed by atoms with Gasteiger partial charge in [0.25, 0.3) is 0 Å². The smallest absolute Gasteiger partial charge is 0.161 e. The molecule has 0 bridgehead atoms. The molecule has 20 heavy (non-hydrogen) atoms. The summed E-state index contributed by atoms with van der Waals surface area (Å²) in [4.78, 5) is 0. The molecule has 1 saturated heterocycles. The SMILES string of the molecule is C=CCOc1ccc(CNCC2CCCO2)cc1OC. The van der Waals surface area contributed by atoms with E-state index in [1.807, 2.05) is 18.2 Å². The number of hydrogen-bond acceptors (Lipinski definition) is 4. The first-order chi connectivity index (χ1) is 9.83. The number of nitrogens with one attached hydrogen (secondary N) is 1. The minimum absolute atomic E-state index is 0.368. The van der Waals surface area contributed by atoms with Gasteiger partial charge in [0.2, 0.25) is 0 Å². The second-order valence-electron chi connectivity index (χ2n) is 4.85. The summed E-state index contributed by atoms with van der Waals surface area (Å²) in [6.07, 6.45) is 4.42. The van der Waals surface area contributed by atoms with Gasteiger partial charge >= 0.3 is 0 Å². The van der Waals surface area contributed by atoms with Crippen LogP contribution in [0.15, 0.2) is 30.9 Å². The van der Waals surface area contributed by atoms with E-state index in [-0.39, 0.29) is 0 Å². The third-order valence-electron chi connectivity index (χ3n) is 3.31. The van der Waals surface area contributed by atoms with Gasteiger partial charge in [0.05, 0.1) is 13.2 Å². The van der Waals surface area contributed by atoms with E-state index in [1.54, 1.807) is 13.2 Å². The van der Waals surface area contributed by atoms with Crippen LogP contribution in [0.25, 0.3) is 0 Å². The summed E-state index contributed by atoms with van der Waals surface area (Å²) in [6.45, 7) is 6.72. The summed E-state index contributed by atoms with van der Waals surface area (Å²) in [5.41, 5.74) is 1.17. The van der Waals surface area contributed by atoms with E-state index >= 15 is 0 Å². The summed E-state index contributed by atoms with van der Waals surface area (Å²) >= 11 is 0. The number of methoxy groups -OCH3 is 1. The monoisotopic (exact) mass is 277 g/mol. The lowest BCUT2D eigenvalue weighted by atomic mass is 10.2. The highest BCUT2D eigenvalue weighted by molar-refractivity contribution is 5.43. The predicted octanol–water partition coefficient (Wildman–Crippen LogP) is 2.53. The van der Waals surface area contributed by atoms with Crippen LogP contribution in [-0.2, 0) is 11.3 Å². The van der Waals surface area contributed by atoms with Gasteiger partial charge in [-0.1, -0.05) is 18.7 Å². The zero-order chi connectivity index (χ0) is 14.2. The topological polar surface area (TPSA) is 39.7 Å². The van der Waals surface area contributed by atoms with Gasteiger partial charge in [0, 0.05) is 19.7 Å². The van der Waals surface area contributed by atoms with Crippen molar-refractivity contribution in [3.8, 4) is 11.5 Å². The van der Waals surface area contributed by atoms with Gasteiger partial charge in [-0.3, -0.25) is 0 Å². The molecule has 4 heteroatoms. The number of ether oxygens (including phenoxy) is 3. The highest BCUT2D eigenvalue weighted by Crippen LogP contribution is 2.28. The Kier molecular flexibility index (Phi) is 5.89. The fourth-order valence-corrected chi connectivity index (χ4v) is 2.27. The number of rotatable bonds is 8. The Hall–Kier alpha value is -1.52. The molecule has 0 saturated carbocycles. The van der Waals surface area contributed by atoms with Crippen molar-refractivity contribution in [2.24, 2.45) is 0 Å². The quantitative estimate of drug-likeness (QED) is 0.741. The van der Waals surface area contributed by atoms with Crippen molar-refractivity contribution in [1.82, 2.24) is 5.32 Å². The Morgan fingerprint density at radius 2 is 2.35 bits per heavy atom. The first-order valence-electron chi connectivity index (χ1n) is 7.06. The molecular formula is C16H23NO3. The van der Waals surface area contributed by atoms with Crippen LogP contribution >= 0.6 is 0 Å². The van der Waals surface area contributed by atoms with Gasteiger partial charge in [-0.15, -0.1) is 0 Å². The standard InChI is InChI=1S/C16H23NO3/c1-3-8-20-15-7-6-13(10-16(15)18-2)11-17-12-14-5-4-9-19-14/h3,6-7,10,14,17H,1,4-5,8-9,11-12H2,2H3. The maximum Gasteiger partial charge on any atom is 0.161 e. The second kappa shape index (κ2) is 7.92. The normalized spacial score (nSPS) is 17.9. The molecule has 4 nitrogen and oxygen atoms in total. The molecular weight excluding hydrogens is 254 g/mol. The highest BCUT2D eigenvalue weighted by atomic mass is 16.5. The lowest BCUT2D eigenvalue weighted by Gasteiger charge is -2.13. The summed E-state index contributed by atoms with van der Waals surface area (Å²) in [5, 5.41) is 3.42. The molecule has 0 aromatic heterocycles. The molecule has 0 spiro atoms. The third-order valence-corrected chi connectivity index (χ3v) is 3.31. The van der Waals surface area contributed by atoms with Crippen LogP contribution in [0.4, 0.5) is 0 Å². The Morgan fingerprint density at radius 1 is 1.45 bits per heavy atom. The van der Waals surface area contributed by atoms with Gasteiger partial charge in [-0.25, -0.2) is 0 Å². The van der Waals surface area contributed by atoms with E-state index in [0.717, 1.165) is 37.6 Å². The summed E-state index contributed by atoms with van der Waals surface area (Å²) in [7, 11) is 1.65. The summed E-state index contributed by atoms with van der Waals surface area (Å²) in [6, 6.07) is 5.98. The first kappa shape index (κ1) is 14.9. The maximum absolute atomic E-state index is 5.58. The minimum Gasteiger partial charge on any atom is -0.493 e. The average Bonchev–Trinajstić information content (AvgIpc) is 2.99. The number of benzene rings is 1. The molecule has 1 atom stereocenters. The fourth-order valence-electron chi connectivity index (χ4n) is 2.27. The van der Waals surface area contributed by atoms with Crippen LogP contribution in [0.2, 0.25) is 0 Å². The van der Waals surface area contributed by atoms with Gasteiger partial charge in [0.1, 0.15) is 6.61 Å². The molecule has 2 rings (SSSR count). The zero-order valence-corrected chi connectivity index (χ0v) is 12.1. The fraction of sp³-hybridized carbons (Fsp3) is 0.500. The molecule has 1 heterocycles. The van der Waals surface area contributed by atoms with E-state index in [9.17, 15) is 0 Å². The molecule has 110 valence electrons. The highest BCUT2D eigenvalue weighted by Gasteiger charge is 2.14. The van der Waals surface area contributed by atoms with Crippen LogP contribution in [0.3, 0.4) is 0 Å². The summed E-state index contributed by atoms with van der Waals surface area (Å²) in [5.74, 6) is 1.50. The molecule has 1 N–H and O–H groups in total. The number of hydrogen-bond donors (Lipinski definition) is 1. The molecule has 1 aliphatic rings. The molecule has 1 fully saturated rings. The summed E-state index contributed by atoms with van der Waals surface area (Å²) < 4.78 is 16.5. The van der Waals surface area contributed by atoms with Crippen LogP contribution in [0.5, 0.6) is 11.5 Å². The molecule has 0 radical (unpaired) electrons. The Bertz CT molecular complexity index is 428. The van der Waals surface area contributed by atoms with Crippen molar-refractivity contribution < 1.29 is 14.2 Å². The third kappa shape index (κ3) is 4.25. The minimum atomic E-state index is 0.368. The molecule has 1 aliphatic heterocycles. The predicted molar refractivity (Wildman–Crippen MR) is 79.4 cm³/mol. The molecule has 1 unspecified atom stereocenters. The van der Waals surface area contributed by atoms with Crippen LogP contribution in [0, 0.1) is 0 Å². The van der Waals surface area contributed by atoms with Gasteiger partial charge in [-0.05, 0) is 30.5 Å². The molecule has 0 amide bonds. The average molecular weight is 277 g/mol. The first-order valence-corrected chi connectivity index (χ1v) is 7.06. The van der Waals surface area contributed by atoms with E-state index in [4.69, 9.17) is 14.2 Å². The van der Waals surface area contributed by atoms with Crippen molar-refractivity contribution in [3.05, 3.63) is 36.4 Å². The van der Waals surface area contributed by atoms with Crippen LogP contribution in [0.1, 0.15) is 18.4 Å². The van der Waals surface area contributed by atoms with Crippen molar-refractivity contribution in [1.29, 1.82) is 0 Å². The molecule has 1 aromatic carbocycles. The molecule has 1 aromatic rings. The van der Waals surface area contributed by atoms with Gasteiger partial charge in [-0.2, -0.15) is 0 Å². The van der Waals surface area contributed by atoms with Crippen molar-refractivity contribution >= 4 is 0 Å². The largest absolute Gasteiger partial charge is 0.493 e. The van der Waals surface area contributed by atoms with Gasteiger partial charge < -0.3 is 19.5 Å². The molecule has 0 aliphatic carbocycles. The Labute approximate surface area is 120 Å². The zero-order valence-electron chi connectivity index (χ0n) is 12.1.